The molecule has 14 heavy (non-hydrogen) atoms. The zero-order valence-electron chi connectivity index (χ0n) is 9.04. The number of ketones is 1. The van der Waals surface area contributed by atoms with Crippen molar-refractivity contribution in [3.63, 3.8) is 0 Å². The molecule has 0 bridgehead atoms. The molecule has 1 unspecified atom stereocenters. The second kappa shape index (κ2) is 7.54. The van der Waals surface area contributed by atoms with Crippen LogP contribution in [0.5, 0.6) is 0 Å². The van der Waals surface area contributed by atoms with Crippen LogP contribution in [0.1, 0.15) is 52.4 Å². The van der Waals surface area contributed by atoms with E-state index in [1.807, 2.05) is 6.92 Å². The van der Waals surface area contributed by atoms with Gasteiger partial charge in [0.25, 0.3) is 0 Å². The number of hydrogen-bond donors (Lipinski definition) is 0. The number of Topliss-reactive ketones (excluding diaryl/α,β-unsaturated/α-hetero) is 1. The van der Waals surface area contributed by atoms with Gasteiger partial charge in [0.2, 0.25) is 0 Å². The zero-order valence-corrected chi connectivity index (χ0v) is 9.04. The molecule has 3 heteroatoms. The maximum Gasteiger partial charge on any atom is 0.132 e. The topological polar surface area (TPSA) is 57.2 Å². The summed E-state index contributed by atoms with van der Waals surface area (Å²) in [5.74, 6) is -1.21. The number of hydrogen-bond acceptors (Lipinski definition) is 3. The van der Waals surface area contributed by atoms with Gasteiger partial charge in [0.05, 0.1) is 0 Å². The molecule has 0 aliphatic rings. The Labute approximate surface area is 85.5 Å². The Hall–Kier alpha value is -0.860. The largest absolute Gasteiger partial charge is 0.550 e. The molecule has 0 saturated carbocycles. The molecule has 0 rings (SSSR count). The van der Waals surface area contributed by atoms with Crippen LogP contribution in [0.15, 0.2) is 0 Å². The molecule has 3 nitrogen and oxygen atoms in total. The fourth-order valence-corrected chi connectivity index (χ4v) is 1.22. The van der Waals surface area contributed by atoms with Crippen LogP contribution in [0, 0.1) is 5.92 Å². The minimum atomic E-state index is -1.02. The van der Waals surface area contributed by atoms with Crippen molar-refractivity contribution in [1.82, 2.24) is 0 Å². The number of unbranched alkanes of at least 4 members (excludes halogenated alkanes) is 1. The molecule has 82 valence electrons. The first-order valence-electron chi connectivity index (χ1n) is 5.30. The minimum absolute atomic E-state index is 0.248. The van der Waals surface area contributed by atoms with Crippen molar-refractivity contribution in [2.45, 2.75) is 52.4 Å². The fraction of sp³-hybridized carbons (Fsp3) is 0.818. The second-order valence-electron chi connectivity index (χ2n) is 3.75. The zero-order chi connectivity index (χ0) is 11.0. The van der Waals surface area contributed by atoms with Crippen LogP contribution >= 0.6 is 0 Å². The highest BCUT2D eigenvalue weighted by atomic mass is 16.4. The molecule has 0 heterocycles. The van der Waals surface area contributed by atoms with Crippen LogP contribution in [0.25, 0.3) is 0 Å². The van der Waals surface area contributed by atoms with Gasteiger partial charge >= 0.3 is 0 Å². The summed E-state index contributed by atoms with van der Waals surface area (Å²) in [6.07, 6.45) is 4.32. The van der Waals surface area contributed by atoms with Gasteiger partial charge in [-0.25, -0.2) is 0 Å². The lowest BCUT2D eigenvalue weighted by Gasteiger charge is -2.11. The van der Waals surface area contributed by atoms with Gasteiger partial charge in [-0.3, -0.25) is 4.79 Å². The van der Waals surface area contributed by atoms with Crippen LogP contribution in [-0.4, -0.2) is 11.8 Å². The maximum atomic E-state index is 11.2. The maximum absolute atomic E-state index is 11.2. The summed E-state index contributed by atoms with van der Waals surface area (Å²) in [6, 6.07) is 0. The van der Waals surface area contributed by atoms with Gasteiger partial charge in [-0.2, -0.15) is 0 Å². The number of carbonyl (C=O) groups is 2. The average molecular weight is 199 g/mol. The van der Waals surface area contributed by atoms with Crippen molar-refractivity contribution in [2.24, 2.45) is 5.92 Å². The molecule has 0 amide bonds. The van der Waals surface area contributed by atoms with Crippen molar-refractivity contribution < 1.29 is 14.7 Å². The van der Waals surface area contributed by atoms with Gasteiger partial charge in [-0.05, 0) is 25.2 Å². The molecule has 0 aromatic carbocycles. The molecule has 0 fully saturated rings. The summed E-state index contributed by atoms with van der Waals surface area (Å²) in [6.45, 7) is 3.66. The molecule has 0 aromatic rings. The molecule has 0 spiro atoms. The Bertz CT molecular complexity index is 187. The van der Waals surface area contributed by atoms with E-state index in [1.165, 1.54) is 0 Å². The van der Waals surface area contributed by atoms with Crippen molar-refractivity contribution in [3.05, 3.63) is 0 Å². The molecule has 0 radical (unpaired) electrons. The Balaban J connectivity index is 3.44. The van der Waals surface area contributed by atoms with Crippen molar-refractivity contribution in [3.8, 4) is 0 Å². The van der Waals surface area contributed by atoms with Gasteiger partial charge in [-0.15, -0.1) is 0 Å². The summed E-state index contributed by atoms with van der Waals surface area (Å²) in [7, 11) is 0. The standard InChI is InChI=1S/C11H20O3/c1-3-4-7-10(12)8-5-6-9(2)11(13)14/h9H,3-8H2,1-2H3,(H,13,14)/p-1. The van der Waals surface area contributed by atoms with Crippen LogP contribution in [0.4, 0.5) is 0 Å². The number of rotatable bonds is 8. The Kier molecular flexibility index (Phi) is 7.07. The van der Waals surface area contributed by atoms with Crippen molar-refractivity contribution >= 4 is 11.8 Å². The SMILES string of the molecule is CCCCC(=O)CCCC(C)C(=O)[O-]. The number of aliphatic carboxylic acids is 1. The van der Waals surface area contributed by atoms with E-state index in [-0.39, 0.29) is 5.78 Å². The van der Waals surface area contributed by atoms with Crippen LogP contribution in [0.2, 0.25) is 0 Å². The first-order chi connectivity index (χ1) is 6.57. The molecular weight excluding hydrogens is 180 g/mol. The third-order valence-electron chi connectivity index (χ3n) is 2.30. The van der Waals surface area contributed by atoms with E-state index in [1.54, 1.807) is 6.92 Å². The second-order valence-corrected chi connectivity index (χ2v) is 3.75. The van der Waals surface area contributed by atoms with Gasteiger partial charge in [-0.1, -0.05) is 20.3 Å². The highest BCUT2D eigenvalue weighted by molar-refractivity contribution is 5.78. The lowest BCUT2D eigenvalue weighted by atomic mass is 10.0. The third-order valence-corrected chi connectivity index (χ3v) is 2.30. The number of carbonyl (C=O) groups excluding carboxylic acids is 2. The molecule has 1 atom stereocenters. The summed E-state index contributed by atoms with van der Waals surface area (Å²) in [5, 5.41) is 10.4. The van der Waals surface area contributed by atoms with E-state index in [2.05, 4.69) is 0 Å². The van der Waals surface area contributed by atoms with E-state index in [9.17, 15) is 14.7 Å². The third kappa shape index (κ3) is 6.63. The van der Waals surface area contributed by atoms with E-state index in [0.717, 1.165) is 12.8 Å². The quantitative estimate of drug-likeness (QED) is 0.592. The summed E-state index contributed by atoms with van der Waals surface area (Å²) in [5.41, 5.74) is 0. The Morgan fingerprint density at radius 1 is 1.21 bits per heavy atom. The molecule has 0 saturated heterocycles. The lowest BCUT2D eigenvalue weighted by Crippen LogP contribution is -2.29. The van der Waals surface area contributed by atoms with E-state index in [0.29, 0.717) is 25.7 Å². The Morgan fingerprint density at radius 2 is 1.79 bits per heavy atom. The first kappa shape index (κ1) is 13.1. The van der Waals surface area contributed by atoms with Gasteiger partial charge in [0.15, 0.2) is 0 Å². The van der Waals surface area contributed by atoms with Gasteiger partial charge < -0.3 is 9.90 Å². The molecule has 0 aromatic heterocycles. The predicted molar refractivity (Wildman–Crippen MR) is 52.6 cm³/mol. The van der Waals surface area contributed by atoms with Gasteiger partial charge in [0.1, 0.15) is 5.78 Å². The normalized spacial score (nSPS) is 12.4. The first-order valence-corrected chi connectivity index (χ1v) is 5.30. The van der Waals surface area contributed by atoms with E-state index < -0.39 is 11.9 Å². The summed E-state index contributed by atoms with van der Waals surface area (Å²) < 4.78 is 0. The van der Waals surface area contributed by atoms with Crippen molar-refractivity contribution in [1.29, 1.82) is 0 Å². The highest BCUT2D eigenvalue weighted by Gasteiger charge is 2.05. The van der Waals surface area contributed by atoms with E-state index >= 15 is 0 Å². The highest BCUT2D eigenvalue weighted by Crippen LogP contribution is 2.09. The minimum Gasteiger partial charge on any atom is -0.550 e. The Morgan fingerprint density at radius 3 is 2.29 bits per heavy atom. The van der Waals surface area contributed by atoms with Crippen molar-refractivity contribution in [2.75, 3.05) is 0 Å². The van der Waals surface area contributed by atoms with Crippen LogP contribution in [0.3, 0.4) is 0 Å². The van der Waals surface area contributed by atoms with E-state index in [4.69, 9.17) is 0 Å². The summed E-state index contributed by atoms with van der Waals surface area (Å²) in [4.78, 5) is 21.5. The number of carboxylic acid groups (broad SMARTS) is 1. The molecule has 0 aliphatic carbocycles. The smallest absolute Gasteiger partial charge is 0.132 e. The monoisotopic (exact) mass is 199 g/mol. The molecular formula is C11H19O3-. The average Bonchev–Trinajstić information content (AvgIpc) is 2.14. The predicted octanol–water partition coefficient (Wildman–Crippen LogP) is 1.30. The number of carboxylic acids is 1. The summed E-state index contributed by atoms with van der Waals surface area (Å²) >= 11 is 0. The van der Waals surface area contributed by atoms with Gasteiger partial charge in [0, 0.05) is 18.8 Å². The van der Waals surface area contributed by atoms with Crippen LogP contribution < -0.4 is 5.11 Å². The van der Waals surface area contributed by atoms with Crippen LogP contribution in [-0.2, 0) is 9.59 Å². The fourth-order valence-electron chi connectivity index (χ4n) is 1.22. The molecule has 0 N–H and O–H groups in total. The molecule has 0 aliphatic heterocycles. The lowest BCUT2D eigenvalue weighted by molar-refractivity contribution is -0.311.